The normalized spacial score (nSPS) is 19.6. The van der Waals surface area contributed by atoms with E-state index >= 15 is 0 Å². The molecule has 0 radical (unpaired) electrons. The van der Waals surface area contributed by atoms with Crippen molar-refractivity contribution in [1.29, 1.82) is 0 Å². The van der Waals surface area contributed by atoms with Crippen LogP contribution in [0.5, 0.6) is 0 Å². The van der Waals surface area contributed by atoms with Crippen molar-refractivity contribution in [2.75, 3.05) is 0 Å². The van der Waals surface area contributed by atoms with Crippen LogP contribution < -0.4 is 0 Å². The van der Waals surface area contributed by atoms with Gasteiger partial charge in [0.1, 0.15) is 0 Å². The molecule has 0 saturated heterocycles. The summed E-state index contributed by atoms with van der Waals surface area (Å²) >= 11 is 0. The van der Waals surface area contributed by atoms with E-state index in [2.05, 4.69) is 20.2 Å². The van der Waals surface area contributed by atoms with Crippen LogP contribution >= 0.6 is 0 Å². The van der Waals surface area contributed by atoms with E-state index < -0.39 is 0 Å². The van der Waals surface area contributed by atoms with Gasteiger partial charge in [-0.15, -0.1) is 0 Å². The maximum atomic E-state index is 11.9. The molecule has 4 rings (SSSR count). The summed E-state index contributed by atoms with van der Waals surface area (Å²) < 4.78 is 0. The summed E-state index contributed by atoms with van der Waals surface area (Å²) in [7, 11) is 0. The van der Waals surface area contributed by atoms with Crippen molar-refractivity contribution in [3.8, 4) is 11.4 Å². The Morgan fingerprint density at radius 1 is 1.18 bits per heavy atom. The Balaban J connectivity index is 1.88. The van der Waals surface area contributed by atoms with E-state index in [1.165, 1.54) is 0 Å². The molecule has 1 atom stereocenters. The predicted octanol–water partition coefficient (Wildman–Crippen LogP) is 2.58. The summed E-state index contributed by atoms with van der Waals surface area (Å²) in [5.41, 5.74) is 4.38. The minimum absolute atomic E-state index is 0.137. The van der Waals surface area contributed by atoms with Gasteiger partial charge in [0.2, 0.25) is 0 Å². The van der Waals surface area contributed by atoms with Crippen LogP contribution in [0.1, 0.15) is 5.56 Å². The Morgan fingerprint density at radius 3 is 3.00 bits per heavy atom. The molecule has 0 bridgehead atoms. The number of aromatic amines is 1. The lowest BCUT2D eigenvalue weighted by atomic mass is 9.85. The Bertz CT molecular complexity index is 856. The molecule has 0 saturated carbocycles. The third kappa shape index (κ3) is 1.95. The Kier molecular flexibility index (Phi) is 2.89. The zero-order chi connectivity index (χ0) is 14.9. The van der Waals surface area contributed by atoms with Gasteiger partial charge in [0, 0.05) is 23.5 Å². The summed E-state index contributed by atoms with van der Waals surface area (Å²) in [5.74, 6) is -0.446. The maximum absolute atomic E-state index is 11.9. The number of carbonyl (C=O) groups excluding carboxylic acids is 1. The number of dihydropyridines is 1. The number of aromatic nitrogens is 3. The zero-order valence-electron chi connectivity index (χ0n) is 11.6. The lowest BCUT2D eigenvalue weighted by Crippen LogP contribution is -2.19. The van der Waals surface area contributed by atoms with Crippen molar-refractivity contribution < 1.29 is 4.79 Å². The van der Waals surface area contributed by atoms with E-state index in [9.17, 15) is 4.79 Å². The van der Waals surface area contributed by atoms with Crippen molar-refractivity contribution in [3.63, 3.8) is 0 Å². The first-order chi connectivity index (χ1) is 10.8. The molecule has 106 valence electrons. The third-order valence-corrected chi connectivity index (χ3v) is 3.77. The molecule has 1 N–H and O–H groups in total. The second-order valence-electron chi connectivity index (χ2n) is 5.06. The number of H-pyrrole nitrogens is 1. The second-order valence-corrected chi connectivity index (χ2v) is 5.06. The molecule has 1 aliphatic carbocycles. The van der Waals surface area contributed by atoms with Crippen LogP contribution in [0.4, 0.5) is 0 Å². The molecular weight excluding hydrogens is 276 g/mol. The lowest BCUT2D eigenvalue weighted by Gasteiger charge is -2.20. The van der Waals surface area contributed by atoms with E-state index in [0.717, 1.165) is 28.1 Å². The first-order valence-electron chi connectivity index (χ1n) is 6.96. The number of allylic oxidation sites excluding steroid dienone is 4. The average molecular weight is 288 g/mol. The van der Waals surface area contributed by atoms with Gasteiger partial charge in [-0.1, -0.05) is 30.4 Å². The number of carbonyl (C=O) groups is 1. The summed E-state index contributed by atoms with van der Waals surface area (Å²) in [6, 6.07) is 5.71. The summed E-state index contributed by atoms with van der Waals surface area (Å²) in [6.07, 6.45) is 12.7. The van der Waals surface area contributed by atoms with Crippen LogP contribution in [0.3, 0.4) is 0 Å². The first kappa shape index (κ1) is 12.6. The SMILES string of the molecule is O=C1N=CC(c2cn[nH]c2-c2ccccn2)=C2C=CC=CC12. The highest BCUT2D eigenvalue weighted by Gasteiger charge is 2.27. The fraction of sp³-hybridized carbons (Fsp3) is 0.0588. The molecule has 1 unspecified atom stereocenters. The van der Waals surface area contributed by atoms with Gasteiger partial charge >= 0.3 is 0 Å². The molecule has 5 heteroatoms. The summed E-state index contributed by atoms with van der Waals surface area (Å²) in [5, 5.41) is 7.13. The van der Waals surface area contributed by atoms with E-state index in [1.807, 2.05) is 42.5 Å². The minimum atomic E-state index is -0.309. The van der Waals surface area contributed by atoms with Gasteiger partial charge in [-0.3, -0.25) is 14.9 Å². The summed E-state index contributed by atoms with van der Waals surface area (Å²) in [6.45, 7) is 0. The topological polar surface area (TPSA) is 71.0 Å². The minimum Gasteiger partial charge on any atom is -0.276 e. The predicted molar refractivity (Wildman–Crippen MR) is 84.0 cm³/mol. The van der Waals surface area contributed by atoms with Crippen LogP contribution in [0.25, 0.3) is 17.0 Å². The molecule has 2 aromatic rings. The molecule has 2 aliphatic rings. The highest BCUT2D eigenvalue weighted by Crippen LogP contribution is 2.34. The molecule has 0 fully saturated rings. The second kappa shape index (κ2) is 5.04. The molecule has 3 heterocycles. The number of hydrogen-bond acceptors (Lipinski definition) is 3. The Labute approximate surface area is 126 Å². The number of rotatable bonds is 2. The van der Waals surface area contributed by atoms with Gasteiger partial charge in [-0.05, 0) is 17.7 Å². The smallest absolute Gasteiger partial charge is 0.257 e. The monoisotopic (exact) mass is 288 g/mol. The van der Waals surface area contributed by atoms with Crippen LogP contribution in [-0.2, 0) is 4.79 Å². The molecule has 5 nitrogen and oxygen atoms in total. The van der Waals surface area contributed by atoms with Gasteiger partial charge in [0.05, 0.1) is 23.5 Å². The number of aliphatic imine (C=N–C) groups is 1. The van der Waals surface area contributed by atoms with Gasteiger partial charge < -0.3 is 0 Å². The Hall–Kier alpha value is -3.08. The number of hydrogen-bond donors (Lipinski definition) is 1. The van der Waals surface area contributed by atoms with Gasteiger partial charge in [-0.2, -0.15) is 5.10 Å². The number of pyridine rings is 1. The highest BCUT2D eigenvalue weighted by atomic mass is 16.1. The largest absolute Gasteiger partial charge is 0.276 e. The van der Waals surface area contributed by atoms with Gasteiger partial charge in [0.25, 0.3) is 5.91 Å². The van der Waals surface area contributed by atoms with E-state index in [-0.39, 0.29) is 11.8 Å². The van der Waals surface area contributed by atoms with Crippen molar-refractivity contribution >= 4 is 17.7 Å². The molecule has 1 amide bonds. The number of nitrogens with one attached hydrogen (secondary N) is 1. The van der Waals surface area contributed by atoms with Crippen molar-refractivity contribution in [1.82, 2.24) is 15.2 Å². The number of nitrogens with zero attached hydrogens (tertiary/aromatic N) is 3. The fourth-order valence-electron chi connectivity index (χ4n) is 2.72. The van der Waals surface area contributed by atoms with E-state index in [1.54, 1.807) is 18.6 Å². The van der Waals surface area contributed by atoms with Crippen LogP contribution in [0, 0.1) is 5.92 Å². The first-order valence-corrected chi connectivity index (χ1v) is 6.96. The molecule has 2 aromatic heterocycles. The molecule has 0 aromatic carbocycles. The average Bonchev–Trinajstić information content (AvgIpc) is 3.06. The van der Waals surface area contributed by atoms with Crippen LogP contribution in [-0.4, -0.2) is 27.3 Å². The number of amides is 1. The molecular formula is C17H12N4O. The van der Waals surface area contributed by atoms with Crippen LogP contribution in [0.15, 0.2) is 65.5 Å². The van der Waals surface area contributed by atoms with Crippen molar-refractivity contribution in [3.05, 3.63) is 66.0 Å². The summed E-state index contributed by atoms with van der Waals surface area (Å²) in [4.78, 5) is 20.3. The van der Waals surface area contributed by atoms with E-state index in [4.69, 9.17) is 0 Å². The zero-order valence-corrected chi connectivity index (χ0v) is 11.6. The van der Waals surface area contributed by atoms with Gasteiger partial charge in [0.15, 0.2) is 0 Å². The van der Waals surface area contributed by atoms with Crippen molar-refractivity contribution in [2.24, 2.45) is 10.9 Å². The van der Waals surface area contributed by atoms with Gasteiger partial charge in [-0.25, -0.2) is 4.99 Å². The number of fused-ring (bicyclic) bond motifs is 1. The molecule has 0 spiro atoms. The molecule has 1 aliphatic heterocycles. The molecule has 22 heavy (non-hydrogen) atoms. The Morgan fingerprint density at radius 2 is 2.14 bits per heavy atom. The fourth-order valence-corrected chi connectivity index (χ4v) is 2.72. The maximum Gasteiger partial charge on any atom is 0.257 e. The third-order valence-electron chi connectivity index (χ3n) is 3.77. The van der Waals surface area contributed by atoms with Crippen LogP contribution in [0.2, 0.25) is 0 Å². The quantitative estimate of drug-likeness (QED) is 0.923. The lowest BCUT2D eigenvalue weighted by molar-refractivity contribution is -0.119. The highest BCUT2D eigenvalue weighted by molar-refractivity contribution is 6.20. The van der Waals surface area contributed by atoms with E-state index in [0.29, 0.717) is 0 Å². The standard InChI is InChI=1S/C17H12N4O/c22-17-12-6-2-1-5-11(12)13(9-19-17)14-10-20-21-16(14)15-7-3-4-8-18-15/h1-10,12H,(H,20,21). The van der Waals surface area contributed by atoms with Crippen molar-refractivity contribution in [2.45, 2.75) is 0 Å².